The summed E-state index contributed by atoms with van der Waals surface area (Å²) in [7, 11) is 1.56. The van der Waals surface area contributed by atoms with Gasteiger partial charge in [0.15, 0.2) is 23.0 Å². The van der Waals surface area contributed by atoms with Crippen LogP contribution in [0.25, 0.3) is 33.9 Å². The maximum atomic E-state index is 13.3. The zero-order chi connectivity index (χ0) is 27.4. The highest BCUT2D eigenvalue weighted by molar-refractivity contribution is 5.85. The average molecular weight is 548 g/mol. The second-order valence-corrected chi connectivity index (χ2v) is 10.0. The minimum absolute atomic E-state index is 0.323. The summed E-state index contributed by atoms with van der Waals surface area (Å²) in [5.41, 5.74) is 4.47. The Morgan fingerprint density at radius 2 is 2.00 bits per heavy atom. The number of benzene rings is 1. The van der Waals surface area contributed by atoms with Crippen LogP contribution in [0.4, 0.5) is 19.0 Å². The van der Waals surface area contributed by atoms with Crippen molar-refractivity contribution in [3.05, 3.63) is 59.6 Å². The first kappa shape index (κ1) is 24.5. The van der Waals surface area contributed by atoms with Gasteiger partial charge in [-0.05, 0) is 36.8 Å². The molecule has 0 amide bonds. The molecule has 1 saturated carbocycles. The van der Waals surface area contributed by atoms with Gasteiger partial charge in [0, 0.05) is 30.8 Å². The number of aromatic amines is 1. The molecule has 0 unspecified atom stereocenters. The van der Waals surface area contributed by atoms with Gasteiger partial charge >= 0.3 is 6.18 Å². The Morgan fingerprint density at radius 3 is 2.80 bits per heavy atom. The predicted molar refractivity (Wildman–Crippen MR) is 140 cm³/mol. The fourth-order valence-electron chi connectivity index (χ4n) is 5.23. The molecule has 2 aliphatic rings. The van der Waals surface area contributed by atoms with E-state index in [-0.39, 0.29) is 0 Å². The predicted octanol–water partition coefficient (Wildman–Crippen LogP) is 5.14. The standard InChI is InChI=1S/C27H24F3N9O/c1-40-26-19(20(15-5-6-15)32-13-35-26)22-37-23(21-24(38-22)34-12-33-21)31-10-14-4-7-17-16(9-14)3-2-8-39-11-18(27(28,29)30)36-25(17)39/h4,7,9,11-13,15H,2-3,5-6,8,10H2,1H3,(H2,31,33,34,37,38). The van der Waals surface area contributed by atoms with E-state index in [0.717, 1.165) is 54.3 Å². The molecule has 10 nitrogen and oxygen atoms in total. The topological polar surface area (TPSA) is 119 Å². The van der Waals surface area contributed by atoms with Gasteiger partial charge in [-0.2, -0.15) is 13.2 Å². The number of rotatable bonds is 6. The SMILES string of the molecule is COc1ncnc(C2CC2)c1-c1nc(NCc2ccc3c(c2)CCCn2cc(C(F)(F)F)nc2-3)c2[nH]cnc2n1. The minimum atomic E-state index is -4.48. The summed E-state index contributed by atoms with van der Waals surface area (Å²) >= 11 is 0. The smallest absolute Gasteiger partial charge is 0.434 e. The van der Waals surface area contributed by atoms with Gasteiger partial charge in [0.05, 0.1) is 19.1 Å². The highest BCUT2D eigenvalue weighted by Gasteiger charge is 2.35. The van der Waals surface area contributed by atoms with Crippen molar-refractivity contribution < 1.29 is 17.9 Å². The molecule has 1 aliphatic carbocycles. The monoisotopic (exact) mass is 547 g/mol. The second-order valence-electron chi connectivity index (χ2n) is 10.0. The number of fused-ring (bicyclic) bond motifs is 4. The van der Waals surface area contributed by atoms with Crippen molar-refractivity contribution in [2.75, 3.05) is 12.4 Å². The Balaban J connectivity index is 1.21. The van der Waals surface area contributed by atoms with Crippen LogP contribution in [0.3, 0.4) is 0 Å². The van der Waals surface area contributed by atoms with Crippen LogP contribution in [0, 0.1) is 0 Å². The molecular weight excluding hydrogens is 523 g/mol. The van der Waals surface area contributed by atoms with Gasteiger partial charge in [-0.15, -0.1) is 0 Å². The molecule has 0 spiro atoms. The summed E-state index contributed by atoms with van der Waals surface area (Å²) in [6.07, 6.45) is 3.23. The van der Waals surface area contributed by atoms with E-state index in [1.165, 1.54) is 6.33 Å². The Labute approximate surface area is 226 Å². The Bertz CT molecular complexity index is 1740. The van der Waals surface area contributed by atoms with E-state index in [2.05, 4.69) is 35.2 Å². The molecule has 0 radical (unpaired) electrons. The third-order valence-corrected chi connectivity index (χ3v) is 7.29. The zero-order valence-corrected chi connectivity index (χ0v) is 21.5. The van der Waals surface area contributed by atoms with Crippen molar-refractivity contribution in [3.63, 3.8) is 0 Å². The van der Waals surface area contributed by atoms with Crippen molar-refractivity contribution >= 4 is 17.0 Å². The number of methoxy groups -OCH3 is 1. The summed E-state index contributed by atoms with van der Waals surface area (Å²) in [5, 5.41) is 3.39. The van der Waals surface area contributed by atoms with Crippen LogP contribution < -0.4 is 10.1 Å². The lowest BCUT2D eigenvalue weighted by Gasteiger charge is -2.13. The number of nitrogens with zero attached hydrogens (tertiary/aromatic N) is 7. The molecule has 1 fully saturated rings. The van der Waals surface area contributed by atoms with Gasteiger partial charge in [-0.1, -0.05) is 18.2 Å². The molecule has 0 bridgehead atoms. The first-order valence-electron chi connectivity index (χ1n) is 13.0. The molecule has 5 heterocycles. The Morgan fingerprint density at radius 1 is 1.12 bits per heavy atom. The highest BCUT2D eigenvalue weighted by Crippen LogP contribution is 2.45. The minimum Gasteiger partial charge on any atom is -0.480 e. The quantitative estimate of drug-likeness (QED) is 0.300. The number of anilines is 1. The van der Waals surface area contributed by atoms with Crippen molar-refractivity contribution in [1.82, 2.24) is 39.5 Å². The summed E-state index contributed by atoms with van der Waals surface area (Å²) < 4.78 is 47.0. The fraction of sp³-hybridized carbons (Fsp3) is 0.333. The molecule has 7 rings (SSSR count). The van der Waals surface area contributed by atoms with Crippen molar-refractivity contribution in [3.8, 4) is 28.7 Å². The number of hydrogen-bond acceptors (Lipinski definition) is 8. The zero-order valence-electron chi connectivity index (χ0n) is 21.5. The van der Waals surface area contributed by atoms with E-state index in [9.17, 15) is 13.2 Å². The Hall–Kier alpha value is -4.55. The van der Waals surface area contributed by atoms with Crippen LogP contribution >= 0.6 is 0 Å². The summed E-state index contributed by atoms with van der Waals surface area (Å²) in [6.45, 7) is 0.912. The van der Waals surface area contributed by atoms with Crippen LogP contribution in [0.5, 0.6) is 5.88 Å². The summed E-state index contributed by atoms with van der Waals surface area (Å²) in [4.78, 5) is 29.7. The molecular formula is C27H24F3N9O. The van der Waals surface area contributed by atoms with Crippen molar-refractivity contribution in [1.29, 1.82) is 0 Å². The molecule has 40 heavy (non-hydrogen) atoms. The van der Waals surface area contributed by atoms with E-state index in [1.807, 2.05) is 18.2 Å². The highest BCUT2D eigenvalue weighted by atomic mass is 19.4. The van der Waals surface area contributed by atoms with Crippen LogP contribution in [-0.2, 0) is 25.7 Å². The molecule has 1 aromatic carbocycles. The maximum absolute atomic E-state index is 13.3. The fourth-order valence-corrected chi connectivity index (χ4v) is 5.23. The van der Waals surface area contributed by atoms with Crippen LogP contribution in [0.15, 0.2) is 37.1 Å². The van der Waals surface area contributed by atoms with Gasteiger partial charge in [0.2, 0.25) is 5.88 Å². The number of aryl methyl sites for hydroxylation is 2. The Kier molecular flexibility index (Phi) is 5.68. The number of nitrogens with one attached hydrogen (secondary N) is 2. The average Bonchev–Trinajstić information content (AvgIpc) is 3.57. The van der Waals surface area contributed by atoms with Crippen LogP contribution in [0.2, 0.25) is 0 Å². The van der Waals surface area contributed by atoms with Crippen molar-refractivity contribution in [2.24, 2.45) is 0 Å². The molecule has 2 N–H and O–H groups in total. The lowest BCUT2D eigenvalue weighted by molar-refractivity contribution is -0.140. The molecule has 5 aromatic rings. The van der Waals surface area contributed by atoms with Gasteiger partial charge in [0.25, 0.3) is 0 Å². The molecule has 204 valence electrons. The van der Waals surface area contributed by atoms with E-state index >= 15 is 0 Å². The first-order chi connectivity index (χ1) is 19.4. The third kappa shape index (κ3) is 4.31. The van der Waals surface area contributed by atoms with Crippen molar-refractivity contribution in [2.45, 2.75) is 50.9 Å². The number of alkyl halides is 3. The largest absolute Gasteiger partial charge is 0.480 e. The normalized spacial score (nSPS) is 15.0. The summed E-state index contributed by atoms with van der Waals surface area (Å²) in [6, 6.07) is 5.77. The van der Waals surface area contributed by atoms with Gasteiger partial charge in [0.1, 0.15) is 23.2 Å². The van der Waals surface area contributed by atoms with Gasteiger partial charge in [-0.3, -0.25) is 0 Å². The van der Waals surface area contributed by atoms with Gasteiger partial charge in [-0.25, -0.2) is 29.9 Å². The number of imidazole rings is 2. The number of halogens is 3. The van der Waals surface area contributed by atoms with E-state index in [4.69, 9.17) is 9.72 Å². The molecule has 1 aliphatic heterocycles. The van der Waals surface area contributed by atoms with E-state index in [1.54, 1.807) is 18.0 Å². The number of H-pyrrole nitrogens is 1. The number of ether oxygens (including phenoxy) is 1. The van der Waals surface area contributed by atoms with E-state index in [0.29, 0.717) is 59.1 Å². The van der Waals surface area contributed by atoms with Gasteiger partial charge < -0.3 is 19.6 Å². The lowest BCUT2D eigenvalue weighted by atomic mass is 10.0. The van der Waals surface area contributed by atoms with E-state index < -0.39 is 11.9 Å². The second kappa shape index (κ2) is 9.28. The molecule has 0 atom stereocenters. The van der Waals surface area contributed by atoms with Crippen LogP contribution in [-0.4, -0.2) is 46.6 Å². The summed E-state index contributed by atoms with van der Waals surface area (Å²) in [5.74, 6) is 2.07. The maximum Gasteiger partial charge on any atom is 0.434 e. The molecule has 13 heteroatoms. The number of hydrogen-bond donors (Lipinski definition) is 2. The first-order valence-corrected chi connectivity index (χ1v) is 13.0. The third-order valence-electron chi connectivity index (χ3n) is 7.29. The molecule has 4 aromatic heterocycles. The lowest BCUT2D eigenvalue weighted by Crippen LogP contribution is -2.07. The van der Waals surface area contributed by atoms with Crippen LogP contribution in [0.1, 0.15) is 47.7 Å². The molecule has 0 saturated heterocycles. The number of aromatic nitrogens is 8.